The summed E-state index contributed by atoms with van der Waals surface area (Å²) < 4.78 is 28.0. The van der Waals surface area contributed by atoms with Gasteiger partial charge in [0.2, 0.25) is 5.91 Å². The molecule has 5 rings (SSSR count). The van der Waals surface area contributed by atoms with Crippen molar-refractivity contribution in [1.82, 2.24) is 9.88 Å². The van der Waals surface area contributed by atoms with Gasteiger partial charge in [-0.05, 0) is 72.4 Å². The van der Waals surface area contributed by atoms with E-state index in [0.717, 1.165) is 16.5 Å². The number of amides is 2. The van der Waals surface area contributed by atoms with Crippen LogP contribution in [0.25, 0.3) is 17.0 Å². The first-order valence-corrected chi connectivity index (χ1v) is 11.4. The lowest BCUT2D eigenvalue weighted by molar-refractivity contribution is -0.117. The van der Waals surface area contributed by atoms with Crippen molar-refractivity contribution in [2.24, 2.45) is 4.99 Å². The van der Waals surface area contributed by atoms with Crippen molar-refractivity contribution in [3.05, 3.63) is 101 Å². The Morgan fingerprint density at radius 2 is 1.69 bits per heavy atom. The molecule has 1 aliphatic rings. The number of para-hydroxylation sites is 1. The number of fused-ring (bicyclic) bond motifs is 1. The molecular formula is C26H18F2N4O2S. The number of thioether (sulfide) groups is 1. The number of amidine groups is 1. The molecule has 2 amide bonds. The third-order valence-electron chi connectivity index (χ3n) is 5.26. The smallest absolute Gasteiger partial charge is 0.264 e. The minimum atomic E-state index is -0.378. The molecular weight excluding hydrogens is 470 g/mol. The molecule has 9 heteroatoms. The molecule has 1 aliphatic heterocycles. The van der Waals surface area contributed by atoms with Gasteiger partial charge < -0.3 is 15.2 Å². The Labute approximate surface area is 203 Å². The second-order valence-electron chi connectivity index (χ2n) is 7.74. The molecule has 0 bridgehead atoms. The van der Waals surface area contributed by atoms with E-state index < -0.39 is 0 Å². The molecule has 0 spiro atoms. The van der Waals surface area contributed by atoms with E-state index in [0.29, 0.717) is 21.4 Å². The van der Waals surface area contributed by atoms with E-state index in [1.807, 2.05) is 30.5 Å². The number of hydrogen-bond acceptors (Lipinski definition) is 4. The number of aromatic nitrogens is 1. The van der Waals surface area contributed by atoms with E-state index >= 15 is 0 Å². The van der Waals surface area contributed by atoms with Crippen LogP contribution < -0.4 is 10.6 Å². The minimum absolute atomic E-state index is 0.0394. The van der Waals surface area contributed by atoms with Gasteiger partial charge in [-0.1, -0.05) is 18.2 Å². The molecule has 4 aromatic rings. The summed E-state index contributed by atoms with van der Waals surface area (Å²) >= 11 is 1.18. The van der Waals surface area contributed by atoms with Crippen molar-refractivity contribution in [3.63, 3.8) is 0 Å². The van der Waals surface area contributed by atoms with E-state index in [4.69, 9.17) is 0 Å². The monoisotopic (exact) mass is 488 g/mol. The Balaban J connectivity index is 1.39. The van der Waals surface area contributed by atoms with Crippen LogP contribution in [-0.4, -0.2) is 21.5 Å². The van der Waals surface area contributed by atoms with Crippen LogP contribution in [0.2, 0.25) is 0 Å². The highest BCUT2D eigenvalue weighted by Gasteiger charge is 2.24. The van der Waals surface area contributed by atoms with Gasteiger partial charge in [-0.15, -0.1) is 0 Å². The minimum Gasteiger partial charge on any atom is -0.337 e. The summed E-state index contributed by atoms with van der Waals surface area (Å²) in [4.78, 5) is 29.9. The van der Waals surface area contributed by atoms with Crippen LogP contribution in [0, 0.1) is 11.6 Å². The topological polar surface area (TPSA) is 75.5 Å². The van der Waals surface area contributed by atoms with Gasteiger partial charge >= 0.3 is 0 Å². The molecule has 1 fully saturated rings. The molecule has 2 N–H and O–H groups in total. The summed E-state index contributed by atoms with van der Waals surface area (Å²) in [6, 6.07) is 18.8. The lowest BCUT2D eigenvalue weighted by Gasteiger charge is -2.07. The maximum atomic E-state index is 13.1. The molecule has 174 valence electrons. The summed E-state index contributed by atoms with van der Waals surface area (Å²) in [6.45, 7) is 0.0394. The number of halogens is 2. The van der Waals surface area contributed by atoms with Crippen molar-refractivity contribution in [2.45, 2.75) is 6.54 Å². The van der Waals surface area contributed by atoms with E-state index in [1.165, 1.54) is 60.3 Å². The predicted octanol–water partition coefficient (Wildman–Crippen LogP) is 5.45. The highest BCUT2D eigenvalue weighted by Crippen LogP contribution is 2.31. The quantitative estimate of drug-likeness (QED) is 0.367. The zero-order valence-electron chi connectivity index (χ0n) is 18.2. The molecule has 0 radical (unpaired) electrons. The van der Waals surface area contributed by atoms with Crippen molar-refractivity contribution in [2.75, 3.05) is 5.32 Å². The maximum absolute atomic E-state index is 13.1. The van der Waals surface area contributed by atoms with Crippen LogP contribution in [0.5, 0.6) is 0 Å². The zero-order valence-corrected chi connectivity index (χ0v) is 19.0. The fraction of sp³-hybridized carbons (Fsp3) is 0.0385. The molecule has 6 nitrogen and oxygen atoms in total. The lowest BCUT2D eigenvalue weighted by atomic mass is 10.1. The Hall–Kier alpha value is -4.24. The summed E-state index contributed by atoms with van der Waals surface area (Å²) in [5, 5.41) is 6.75. The molecule has 2 heterocycles. The van der Waals surface area contributed by atoms with Gasteiger partial charge in [-0.2, -0.15) is 0 Å². The van der Waals surface area contributed by atoms with Crippen molar-refractivity contribution < 1.29 is 18.4 Å². The number of carbonyl (C=O) groups excluding carboxylic acids is 2. The molecule has 1 aromatic heterocycles. The van der Waals surface area contributed by atoms with Crippen LogP contribution in [0.1, 0.15) is 5.56 Å². The number of carbonyl (C=O) groups is 2. The Kier molecular flexibility index (Phi) is 6.15. The van der Waals surface area contributed by atoms with Crippen molar-refractivity contribution in [3.8, 4) is 0 Å². The average Bonchev–Trinajstić information content (AvgIpc) is 3.36. The fourth-order valence-electron chi connectivity index (χ4n) is 3.66. The van der Waals surface area contributed by atoms with Gasteiger partial charge in [0.1, 0.15) is 18.2 Å². The van der Waals surface area contributed by atoms with Gasteiger partial charge in [-0.3, -0.25) is 9.59 Å². The fourth-order valence-corrected chi connectivity index (χ4v) is 4.50. The highest BCUT2D eigenvalue weighted by atomic mass is 32.2. The van der Waals surface area contributed by atoms with Crippen LogP contribution in [0.15, 0.2) is 88.9 Å². The standard InChI is InChI=1S/C26H18F2N4O2S/c27-17-5-9-19(10-6-17)29-24(33)15-32-14-16(21-3-1-2-4-22(21)32)13-23-25(34)31-26(35-23)30-20-11-7-18(28)8-12-20/h1-14H,15H2,(H,29,33)(H,30,31,34)/b23-13+. The second kappa shape index (κ2) is 9.55. The van der Waals surface area contributed by atoms with Gasteiger partial charge in [0, 0.05) is 28.4 Å². The molecule has 0 atom stereocenters. The Bertz CT molecular complexity index is 1490. The number of aliphatic imine (C=N–C) groups is 1. The van der Waals surface area contributed by atoms with Gasteiger partial charge in [0.05, 0.1) is 10.6 Å². The number of nitrogens with one attached hydrogen (secondary N) is 2. The molecule has 35 heavy (non-hydrogen) atoms. The van der Waals surface area contributed by atoms with Crippen LogP contribution in [0.3, 0.4) is 0 Å². The van der Waals surface area contributed by atoms with E-state index in [-0.39, 0.29) is 30.0 Å². The predicted molar refractivity (Wildman–Crippen MR) is 134 cm³/mol. The normalized spacial score (nSPS) is 15.7. The first-order chi connectivity index (χ1) is 16.9. The van der Waals surface area contributed by atoms with E-state index in [2.05, 4.69) is 15.6 Å². The Morgan fingerprint density at radius 1 is 1.00 bits per heavy atom. The number of rotatable bonds is 5. The van der Waals surface area contributed by atoms with Crippen molar-refractivity contribution >= 4 is 57.1 Å². The average molecular weight is 489 g/mol. The number of nitrogens with zero attached hydrogens (tertiary/aromatic N) is 2. The highest BCUT2D eigenvalue weighted by molar-refractivity contribution is 8.18. The summed E-state index contributed by atoms with van der Waals surface area (Å²) in [5.74, 6) is -1.29. The first kappa shape index (κ1) is 22.5. The SMILES string of the molecule is O=C(Cn1cc(/C=C2/SC(=Nc3ccc(F)cc3)NC2=O)c2ccccc21)Nc1ccc(F)cc1. The van der Waals surface area contributed by atoms with Gasteiger partial charge in [0.25, 0.3) is 5.91 Å². The van der Waals surface area contributed by atoms with Crippen molar-refractivity contribution in [1.29, 1.82) is 0 Å². The second-order valence-corrected chi connectivity index (χ2v) is 8.77. The van der Waals surface area contributed by atoms with Gasteiger partial charge in [-0.25, -0.2) is 13.8 Å². The molecule has 0 saturated carbocycles. The maximum Gasteiger partial charge on any atom is 0.264 e. The Morgan fingerprint density at radius 3 is 2.43 bits per heavy atom. The molecule has 0 aliphatic carbocycles. The van der Waals surface area contributed by atoms with E-state index in [1.54, 1.807) is 10.6 Å². The largest absolute Gasteiger partial charge is 0.337 e. The summed E-state index contributed by atoms with van der Waals surface area (Å²) in [5.41, 5.74) is 2.63. The zero-order chi connectivity index (χ0) is 24.4. The van der Waals surface area contributed by atoms with E-state index in [9.17, 15) is 18.4 Å². The molecule has 0 unspecified atom stereocenters. The third kappa shape index (κ3) is 5.15. The molecule has 3 aromatic carbocycles. The molecule has 1 saturated heterocycles. The number of hydrogen-bond donors (Lipinski definition) is 2. The lowest BCUT2D eigenvalue weighted by Crippen LogP contribution is -2.19. The number of benzene rings is 3. The van der Waals surface area contributed by atoms with Gasteiger partial charge in [0.15, 0.2) is 5.17 Å². The van der Waals surface area contributed by atoms with Crippen LogP contribution in [0.4, 0.5) is 20.2 Å². The van der Waals surface area contributed by atoms with Crippen LogP contribution in [-0.2, 0) is 16.1 Å². The summed E-state index contributed by atoms with van der Waals surface area (Å²) in [7, 11) is 0. The van der Waals surface area contributed by atoms with Crippen LogP contribution >= 0.6 is 11.8 Å². The third-order valence-corrected chi connectivity index (χ3v) is 6.17. The summed E-state index contributed by atoms with van der Waals surface area (Å²) in [6.07, 6.45) is 3.56. The number of anilines is 1. The first-order valence-electron chi connectivity index (χ1n) is 10.6.